The highest BCUT2D eigenvalue weighted by Gasteiger charge is 2.18. The molecule has 0 unspecified atom stereocenters. The fraction of sp³-hybridized carbons (Fsp3) is 0.143. The Morgan fingerprint density at radius 1 is 0.926 bits per heavy atom. The van der Waals surface area contributed by atoms with Gasteiger partial charge in [0.25, 0.3) is 0 Å². The van der Waals surface area contributed by atoms with Crippen molar-refractivity contribution in [3.8, 4) is 17.2 Å². The van der Waals surface area contributed by atoms with Gasteiger partial charge in [-0.25, -0.2) is 4.79 Å². The smallest absolute Gasteiger partial charge is 0.342 e. The third-order valence-electron chi connectivity index (χ3n) is 4.16. The zero-order valence-electron chi connectivity index (χ0n) is 14.9. The molecule has 0 atom stereocenters. The number of methoxy groups -OCH3 is 2. The second kappa shape index (κ2) is 7.78. The molecule has 27 heavy (non-hydrogen) atoms. The molecule has 0 aromatic heterocycles. The van der Waals surface area contributed by atoms with E-state index in [1.165, 1.54) is 26.4 Å². The molecule has 0 saturated heterocycles. The zero-order chi connectivity index (χ0) is 19.4. The Morgan fingerprint density at radius 2 is 1.67 bits per heavy atom. The van der Waals surface area contributed by atoms with Crippen LogP contribution in [0, 0.1) is 0 Å². The molecule has 6 heteroatoms. The molecule has 0 fully saturated rings. The molecule has 0 amide bonds. The van der Waals surface area contributed by atoms with Crippen LogP contribution in [0.5, 0.6) is 17.2 Å². The van der Waals surface area contributed by atoms with Crippen LogP contribution in [0.15, 0.2) is 54.6 Å². The summed E-state index contributed by atoms with van der Waals surface area (Å²) < 4.78 is 15.4. The second-order valence-electron chi connectivity index (χ2n) is 5.75. The lowest BCUT2D eigenvalue weighted by molar-refractivity contribution is 0.0472. The number of carbonyl (C=O) groups is 2. The summed E-state index contributed by atoms with van der Waals surface area (Å²) in [6, 6.07) is 15.0. The number of rotatable bonds is 6. The van der Waals surface area contributed by atoms with Crippen LogP contribution in [0.3, 0.4) is 0 Å². The van der Waals surface area contributed by atoms with E-state index in [2.05, 4.69) is 0 Å². The molecule has 3 rings (SSSR count). The Balaban J connectivity index is 1.74. The summed E-state index contributed by atoms with van der Waals surface area (Å²) >= 11 is 0. The number of benzene rings is 3. The number of carbonyl (C=O) groups excluding carboxylic acids is 2. The monoisotopic (exact) mass is 366 g/mol. The number of esters is 1. The molecule has 0 radical (unpaired) electrons. The normalized spacial score (nSPS) is 10.4. The summed E-state index contributed by atoms with van der Waals surface area (Å²) in [7, 11) is 2.96. The number of fused-ring (bicyclic) bond motifs is 1. The molecular weight excluding hydrogens is 348 g/mol. The summed E-state index contributed by atoms with van der Waals surface area (Å²) in [5.41, 5.74) is 0.331. The summed E-state index contributed by atoms with van der Waals surface area (Å²) in [4.78, 5) is 24.6. The number of Topliss-reactive ketones (excluding diaryl/α,β-unsaturated/α-hetero) is 1. The Labute approximate surface area is 155 Å². The zero-order valence-corrected chi connectivity index (χ0v) is 14.9. The molecule has 0 spiro atoms. The summed E-state index contributed by atoms with van der Waals surface area (Å²) in [5, 5.41) is 11.7. The first-order chi connectivity index (χ1) is 13.0. The van der Waals surface area contributed by atoms with Gasteiger partial charge in [-0.15, -0.1) is 0 Å². The maximum Gasteiger partial charge on any atom is 0.342 e. The van der Waals surface area contributed by atoms with Gasteiger partial charge in [-0.1, -0.05) is 30.3 Å². The maximum absolute atomic E-state index is 12.3. The maximum atomic E-state index is 12.3. The number of aromatic hydroxyl groups is 1. The number of hydrogen-bond acceptors (Lipinski definition) is 6. The first-order valence-electron chi connectivity index (χ1n) is 8.18. The van der Waals surface area contributed by atoms with Crippen LogP contribution >= 0.6 is 0 Å². The standard InChI is InChI=1S/C21H18O6/c1-25-18-10-8-14(11-19(18)26-2)17(22)12-27-21(24)16-9-7-13-5-3-4-6-15(13)20(16)23/h3-11,23H,12H2,1-2H3. The molecule has 0 aliphatic carbocycles. The van der Waals surface area contributed by atoms with Crippen molar-refractivity contribution in [1.82, 2.24) is 0 Å². The molecule has 0 aliphatic rings. The van der Waals surface area contributed by atoms with Gasteiger partial charge in [0.15, 0.2) is 23.9 Å². The molecule has 138 valence electrons. The molecule has 3 aromatic carbocycles. The fourth-order valence-electron chi connectivity index (χ4n) is 2.72. The van der Waals surface area contributed by atoms with Crippen LogP contribution in [-0.2, 0) is 4.74 Å². The van der Waals surface area contributed by atoms with Crippen LogP contribution in [0.1, 0.15) is 20.7 Å². The minimum absolute atomic E-state index is 0.00816. The number of ether oxygens (including phenoxy) is 3. The van der Waals surface area contributed by atoms with Gasteiger partial charge in [-0.3, -0.25) is 4.79 Å². The van der Waals surface area contributed by atoms with Gasteiger partial charge < -0.3 is 19.3 Å². The largest absolute Gasteiger partial charge is 0.506 e. The highest BCUT2D eigenvalue weighted by molar-refractivity contribution is 6.03. The number of phenols is 1. The highest BCUT2D eigenvalue weighted by Crippen LogP contribution is 2.30. The summed E-state index contributed by atoms with van der Waals surface area (Å²) in [6.07, 6.45) is 0. The minimum Gasteiger partial charge on any atom is -0.506 e. The Bertz CT molecular complexity index is 1010. The van der Waals surface area contributed by atoms with Gasteiger partial charge in [-0.05, 0) is 29.7 Å². The van der Waals surface area contributed by atoms with Crippen molar-refractivity contribution in [3.05, 3.63) is 65.7 Å². The number of phenolic OH excluding ortho intramolecular Hbond substituents is 1. The lowest BCUT2D eigenvalue weighted by Crippen LogP contribution is -2.14. The first-order valence-corrected chi connectivity index (χ1v) is 8.18. The molecule has 3 aromatic rings. The van der Waals surface area contributed by atoms with E-state index in [0.717, 1.165) is 5.39 Å². The summed E-state index contributed by atoms with van der Waals surface area (Å²) in [6.45, 7) is -0.458. The molecule has 0 bridgehead atoms. The van der Waals surface area contributed by atoms with Gasteiger partial charge in [0.05, 0.1) is 14.2 Å². The molecule has 1 N–H and O–H groups in total. The number of hydrogen-bond donors (Lipinski definition) is 1. The van der Waals surface area contributed by atoms with Crippen molar-refractivity contribution in [3.63, 3.8) is 0 Å². The van der Waals surface area contributed by atoms with Crippen LogP contribution in [0.25, 0.3) is 10.8 Å². The average Bonchev–Trinajstić information content (AvgIpc) is 2.71. The van der Waals surface area contributed by atoms with E-state index in [4.69, 9.17) is 14.2 Å². The second-order valence-corrected chi connectivity index (χ2v) is 5.75. The molecule has 0 saturated carbocycles. The van der Waals surface area contributed by atoms with Gasteiger partial charge >= 0.3 is 5.97 Å². The van der Waals surface area contributed by atoms with E-state index in [-0.39, 0.29) is 11.3 Å². The predicted molar refractivity (Wildman–Crippen MR) is 99.8 cm³/mol. The van der Waals surface area contributed by atoms with Crippen molar-refractivity contribution in [1.29, 1.82) is 0 Å². The van der Waals surface area contributed by atoms with E-state index < -0.39 is 18.4 Å². The van der Waals surface area contributed by atoms with Crippen LogP contribution in [0.4, 0.5) is 0 Å². The lowest BCUT2D eigenvalue weighted by Gasteiger charge is -2.10. The van der Waals surface area contributed by atoms with E-state index in [9.17, 15) is 14.7 Å². The van der Waals surface area contributed by atoms with Crippen LogP contribution in [0.2, 0.25) is 0 Å². The highest BCUT2D eigenvalue weighted by atomic mass is 16.5. The molecular formula is C21H18O6. The van der Waals surface area contributed by atoms with Crippen LogP contribution < -0.4 is 9.47 Å². The first kappa shape index (κ1) is 18.3. The lowest BCUT2D eigenvalue weighted by atomic mass is 10.1. The third-order valence-corrected chi connectivity index (χ3v) is 4.16. The van der Waals surface area contributed by atoms with E-state index >= 15 is 0 Å². The summed E-state index contributed by atoms with van der Waals surface area (Å²) in [5.74, 6) is -0.442. The minimum atomic E-state index is -0.771. The third kappa shape index (κ3) is 3.69. The van der Waals surface area contributed by atoms with Crippen molar-refractivity contribution >= 4 is 22.5 Å². The van der Waals surface area contributed by atoms with E-state index in [0.29, 0.717) is 22.4 Å². The Kier molecular flexibility index (Phi) is 5.26. The SMILES string of the molecule is COc1ccc(C(=O)COC(=O)c2ccc3ccccc3c2O)cc1OC. The number of ketones is 1. The van der Waals surface area contributed by atoms with Crippen molar-refractivity contribution < 1.29 is 28.9 Å². The molecule has 0 aliphatic heterocycles. The fourth-order valence-corrected chi connectivity index (χ4v) is 2.72. The molecule has 0 heterocycles. The predicted octanol–water partition coefficient (Wildman–Crippen LogP) is 3.60. The van der Waals surface area contributed by atoms with Gasteiger partial charge in [0.2, 0.25) is 0 Å². The van der Waals surface area contributed by atoms with Crippen molar-refractivity contribution in [2.45, 2.75) is 0 Å². The van der Waals surface area contributed by atoms with Gasteiger partial charge in [-0.2, -0.15) is 0 Å². The van der Waals surface area contributed by atoms with Crippen molar-refractivity contribution in [2.24, 2.45) is 0 Å². The van der Waals surface area contributed by atoms with E-state index in [1.54, 1.807) is 30.3 Å². The topological polar surface area (TPSA) is 82.1 Å². The van der Waals surface area contributed by atoms with Gasteiger partial charge in [0, 0.05) is 10.9 Å². The average molecular weight is 366 g/mol. The molecule has 6 nitrogen and oxygen atoms in total. The Hall–Kier alpha value is -3.54. The Morgan fingerprint density at radius 3 is 2.41 bits per heavy atom. The van der Waals surface area contributed by atoms with E-state index in [1.807, 2.05) is 12.1 Å². The quantitative estimate of drug-likeness (QED) is 0.530. The van der Waals surface area contributed by atoms with Crippen LogP contribution in [-0.4, -0.2) is 37.7 Å². The van der Waals surface area contributed by atoms with Crippen molar-refractivity contribution in [2.75, 3.05) is 20.8 Å². The van der Waals surface area contributed by atoms with Gasteiger partial charge in [0.1, 0.15) is 11.3 Å².